The maximum absolute atomic E-state index is 13.9. The average Bonchev–Trinajstić information content (AvgIpc) is 3.18. The Labute approximate surface area is 323 Å². The number of ether oxygens (including phenoxy) is 2. The van der Waals surface area contributed by atoms with Gasteiger partial charge in [0.15, 0.2) is 5.43 Å². The number of anilines is 2. The van der Waals surface area contributed by atoms with E-state index in [9.17, 15) is 30.0 Å². The zero-order valence-corrected chi connectivity index (χ0v) is 31.5. The summed E-state index contributed by atoms with van der Waals surface area (Å²) >= 11 is 0. The molecule has 14 nitrogen and oxygen atoms in total. The summed E-state index contributed by atoms with van der Waals surface area (Å²) in [5.74, 6) is -2.17. The van der Waals surface area contributed by atoms with E-state index in [0.717, 1.165) is 11.6 Å². The number of benzene rings is 2. The lowest BCUT2D eigenvalue weighted by molar-refractivity contribution is -0.159. The van der Waals surface area contributed by atoms with Crippen LogP contribution in [0.1, 0.15) is 72.1 Å². The molecule has 3 aromatic heterocycles. The minimum atomic E-state index is -1.27. The molecule has 0 fully saturated rings. The number of fused-ring (bicyclic) bond motifs is 2. The van der Waals surface area contributed by atoms with Crippen molar-refractivity contribution in [2.45, 2.75) is 69.7 Å². The van der Waals surface area contributed by atoms with E-state index in [1.54, 1.807) is 56.6 Å². The minimum absolute atomic E-state index is 0.0403. The Morgan fingerprint density at radius 1 is 1.09 bits per heavy atom. The van der Waals surface area contributed by atoms with Crippen molar-refractivity contribution in [3.8, 4) is 17.2 Å². The van der Waals surface area contributed by atoms with Crippen LogP contribution in [-0.2, 0) is 29.0 Å². The number of hydrogen-bond donors (Lipinski definition) is 7. The van der Waals surface area contributed by atoms with Gasteiger partial charge in [-0.1, -0.05) is 24.3 Å². The number of hydrogen-bond acceptors (Lipinski definition) is 14. The Bertz CT molecular complexity index is 2310. The Hall–Kier alpha value is -5.96. The molecule has 14 heteroatoms. The van der Waals surface area contributed by atoms with Gasteiger partial charge in [0, 0.05) is 53.4 Å². The molecule has 294 valence electrons. The fourth-order valence-corrected chi connectivity index (χ4v) is 7.45. The first-order chi connectivity index (χ1) is 26.9. The van der Waals surface area contributed by atoms with Crippen molar-refractivity contribution in [3.05, 3.63) is 122 Å². The Morgan fingerprint density at radius 2 is 1.89 bits per heavy atom. The summed E-state index contributed by atoms with van der Waals surface area (Å²) in [7, 11) is 1.79. The van der Waals surface area contributed by atoms with Crippen molar-refractivity contribution in [2.75, 3.05) is 31.7 Å². The number of nitrogens with zero attached hydrogens (tertiary/aromatic N) is 2. The highest BCUT2D eigenvalue weighted by Crippen LogP contribution is 2.53. The normalized spacial score (nSPS) is 17.9. The van der Waals surface area contributed by atoms with Gasteiger partial charge in [0.1, 0.15) is 63.9 Å². The van der Waals surface area contributed by atoms with Crippen molar-refractivity contribution in [2.24, 2.45) is 0 Å². The van der Waals surface area contributed by atoms with Crippen LogP contribution in [0.2, 0.25) is 0 Å². The van der Waals surface area contributed by atoms with Crippen LogP contribution < -0.4 is 26.9 Å². The van der Waals surface area contributed by atoms with E-state index in [0.29, 0.717) is 48.3 Å². The lowest BCUT2D eigenvalue weighted by Crippen LogP contribution is -2.52. The number of aromatic hydroxyl groups is 2. The first kappa shape index (κ1) is 39.7. The summed E-state index contributed by atoms with van der Waals surface area (Å²) in [5, 5.41) is 46.8. The number of aliphatic hydroxyl groups excluding tert-OH is 2. The molecule has 0 aliphatic carbocycles. The van der Waals surface area contributed by atoms with Crippen LogP contribution in [0.4, 0.5) is 11.6 Å². The zero-order chi connectivity index (χ0) is 40.1. The number of aryl methyl sites for hydroxylation is 1. The second kappa shape index (κ2) is 16.8. The lowest BCUT2D eigenvalue weighted by atomic mass is 9.74. The molecule has 1 aliphatic rings. The number of aromatic nitrogens is 2. The molecule has 0 radical (unpaired) electrons. The maximum atomic E-state index is 13.9. The molecule has 0 amide bonds. The summed E-state index contributed by atoms with van der Waals surface area (Å²) in [4.78, 5) is 36.1. The van der Waals surface area contributed by atoms with E-state index in [1.165, 1.54) is 18.3 Å². The predicted molar refractivity (Wildman–Crippen MR) is 210 cm³/mol. The van der Waals surface area contributed by atoms with Gasteiger partial charge in [-0.05, 0) is 93.7 Å². The van der Waals surface area contributed by atoms with E-state index in [4.69, 9.17) is 25.4 Å². The number of esters is 1. The van der Waals surface area contributed by atoms with Gasteiger partial charge >= 0.3 is 5.97 Å². The third kappa shape index (κ3) is 8.03. The number of nitrogen functional groups attached to an aromatic ring is 2. The molecule has 2 aromatic carbocycles. The summed E-state index contributed by atoms with van der Waals surface area (Å²) in [6.45, 7) is 3.02. The highest BCUT2D eigenvalue weighted by molar-refractivity contribution is 5.92. The monoisotopic (exact) mass is 765 g/mol. The third-order valence-corrected chi connectivity index (χ3v) is 10.5. The third-order valence-electron chi connectivity index (χ3n) is 10.5. The zero-order valence-electron chi connectivity index (χ0n) is 31.5. The highest BCUT2D eigenvalue weighted by atomic mass is 16.6. The molecule has 56 heavy (non-hydrogen) atoms. The maximum Gasteiger partial charge on any atom is 0.334 e. The Kier molecular flexibility index (Phi) is 11.9. The summed E-state index contributed by atoms with van der Waals surface area (Å²) in [6.07, 6.45) is 4.95. The van der Waals surface area contributed by atoms with Crippen molar-refractivity contribution >= 4 is 28.6 Å². The van der Waals surface area contributed by atoms with Crippen molar-refractivity contribution in [1.29, 1.82) is 0 Å². The van der Waals surface area contributed by atoms with Crippen LogP contribution in [0.3, 0.4) is 0 Å². The topological polar surface area (TPSA) is 237 Å². The number of pyridine rings is 2. The largest absolute Gasteiger partial charge is 0.508 e. The van der Waals surface area contributed by atoms with Gasteiger partial charge in [-0.2, -0.15) is 0 Å². The van der Waals surface area contributed by atoms with Gasteiger partial charge in [-0.15, -0.1) is 0 Å². The van der Waals surface area contributed by atoms with Gasteiger partial charge in [0.2, 0.25) is 0 Å². The molecule has 0 bridgehead atoms. The van der Waals surface area contributed by atoms with Crippen LogP contribution in [-0.4, -0.2) is 68.3 Å². The summed E-state index contributed by atoms with van der Waals surface area (Å²) < 4.78 is 19.6. The Balaban J connectivity index is 1.64. The molecular weight excluding hydrogens is 718 g/mol. The van der Waals surface area contributed by atoms with Crippen molar-refractivity contribution in [1.82, 2.24) is 15.3 Å². The number of allylic oxidation sites excluding steroid dienone is 1. The van der Waals surface area contributed by atoms with Gasteiger partial charge in [0.05, 0.1) is 6.61 Å². The molecular formula is C42H47N5O9. The lowest BCUT2D eigenvalue weighted by Gasteiger charge is -2.44. The van der Waals surface area contributed by atoms with E-state index < -0.39 is 53.9 Å². The van der Waals surface area contributed by atoms with E-state index in [2.05, 4.69) is 15.3 Å². The second-order valence-corrected chi connectivity index (χ2v) is 14.2. The fraction of sp³-hybridized carbons (Fsp3) is 0.333. The molecule has 0 saturated heterocycles. The van der Waals surface area contributed by atoms with Gasteiger partial charge in [-0.25, -0.2) is 14.8 Å². The predicted octanol–water partition coefficient (Wildman–Crippen LogP) is 4.35. The number of phenolic OH excluding ortho intramolecular Hbond substituents is 2. The van der Waals surface area contributed by atoms with Crippen LogP contribution in [0.5, 0.6) is 17.2 Å². The number of carbonyl (C=O) groups is 1. The fourth-order valence-electron chi connectivity index (χ4n) is 7.45. The van der Waals surface area contributed by atoms with Crippen LogP contribution in [0.25, 0.3) is 11.0 Å². The summed E-state index contributed by atoms with van der Waals surface area (Å²) in [6, 6.07) is 14.4. The SMILES string of the molecule is C/C=C(/CCNC)C(=O)O[C@@H]1Cc2c(c([C@@H](c3ccnc(N)c3)[C@H](CO)c3cccc(O)c3)c3oc(CO)cc(=O)c3c2O)O[C@@]1(C)CCc1ccc(N)nc1. The number of aliphatic hydroxyl groups is 2. The number of rotatable bonds is 14. The molecule has 9 N–H and O–H groups in total. The smallest absolute Gasteiger partial charge is 0.334 e. The number of carbonyl (C=O) groups excluding carboxylic acids is 1. The second-order valence-electron chi connectivity index (χ2n) is 14.2. The first-order valence-corrected chi connectivity index (χ1v) is 18.4. The van der Waals surface area contributed by atoms with Crippen molar-refractivity contribution in [3.63, 3.8) is 0 Å². The quantitative estimate of drug-likeness (QED) is 0.0615. The van der Waals surface area contributed by atoms with Crippen molar-refractivity contribution < 1.29 is 39.1 Å². The van der Waals surface area contributed by atoms with Crippen LogP contribution >= 0.6 is 0 Å². The highest BCUT2D eigenvalue weighted by Gasteiger charge is 2.48. The number of nitrogens with two attached hydrogens (primary N) is 2. The van der Waals surface area contributed by atoms with E-state index in [-0.39, 0.29) is 51.6 Å². The number of nitrogens with one attached hydrogen (secondary N) is 1. The first-order valence-electron chi connectivity index (χ1n) is 18.4. The molecule has 1 aliphatic heterocycles. The van der Waals surface area contributed by atoms with E-state index >= 15 is 0 Å². The minimum Gasteiger partial charge on any atom is -0.508 e. The molecule has 5 aromatic rings. The standard InChI is InChI=1S/C42H47N5O9/c1-4-24(11-14-45-3)41(53)55-32-19-29-38(52)36-31(51)18-28(21-48)54-40(36)37(39(29)56-42(32,2)13-10-23-8-9-33(43)47-20-23)35(26-12-15-46-34(44)17-26)30(22-49)25-6-5-7-27(50)16-25/h4-9,12,15-18,20,30,32,35,45,48-50,52H,10-11,13-14,19,21-22H2,1-3H3,(H2,43,47)(H2,44,46)/b24-4-/t30-,32-,35+,42+/m1/s1. The average molecular weight is 766 g/mol. The number of phenols is 2. The van der Waals surface area contributed by atoms with Gasteiger partial charge in [0.25, 0.3) is 0 Å². The van der Waals surface area contributed by atoms with Gasteiger partial charge in [-0.3, -0.25) is 4.79 Å². The summed E-state index contributed by atoms with van der Waals surface area (Å²) in [5.41, 5.74) is 12.9. The molecule has 4 heterocycles. The molecule has 0 spiro atoms. The van der Waals surface area contributed by atoms with Crippen LogP contribution in [0.15, 0.2) is 87.9 Å². The molecule has 0 saturated carbocycles. The molecule has 4 atom stereocenters. The van der Waals surface area contributed by atoms with Gasteiger partial charge < -0.3 is 51.1 Å². The molecule has 0 unspecified atom stereocenters. The molecule has 6 rings (SSSR count). The van der Waals surface area contributed by atoms with E-state index in [1.807, 2.05) is 13.0 Å². The van der Waals surface area contributed by atoms with Crippen LogP contribution in [0, 0.1) is 0 Å². The Morgan fingerprint density at radius 3 is 2.55 bits per heavy atom.